The molecule has 0 aromatic carbocycles. The Kier molecular flexibility index (Phi) is 3.61. The van der Waals surface area contributed by atoms with Crippen molar-refractivity contribution in [3.8, 4) is 0 Å². The van der Waals surface area contributed by atoms with E-state index in [0.29, 0.717) is 12.4 Å². The molecule has 0 saturated carbocycles. The van der Waals surface area contributed by atoms with Crippen molar-refractivity contribution < 1.29 is 4.79 Å². The van der Waals surface area contributed by atoms with Gasteiger partial charge in [-0.3, -0.25) is 4.79 Å². The van der Waals surface area contributed by atoms with Gasteiger partial charge in [-0.1, -0.05) is 0 Å². The Morgan fingerprint density at radius 2 is 2.33 bits per heavy atom. The summed E-state index contributed by atoms with van der Waals surface area (Å²) in [5.41, 5.74) is 0. The van der Waals surface area contributed by atoms with Gasteiger partial charge in [0.2, 0.25) is 0 Å². The highest BCUT2D eigenvalue weighted by molar-refractivity contribution is 7.27. The summed E-state index contributed by atoms with van der Waals surface area (Å²) in [5, 5.41) is 4.88. The van der Waals surface area contributed by atoms with Crippen LogP contribution in [0.3, 0.4) is 0 Å². The van der Waals surface area contributed by atoms with Crippen molar-refractivity contribution in [2.75, 3.05) is 12.4 Å². The lowest BCUT2D eigenvalue weighted by atomic mass is 10.4. The maximum Gasteiger partial charge on any atom is 0.261 e. The number of halogens is 1. The first kappa shape index (κ1) is 10.9. The molecule has 2 nitrogen and oxygen atoms in total. The predicted molar refractivity (Wildman–Crippen MR) is 67.4 cm³/mol. The normalized spacial score (nSPS) is 10.7. The van der Waals surface area contributed by atoms with E-state index in [1.165, 1.54) is 20.7 Å². The molecule has 15 heavy (non-hydrogen) atoms. The van der Waals surface area contributed by atoms with Crippen molar-refractivity contribution in [3.05, 3.63) is 22.4 Å². The maximum absolute atomic E-state index is 11.6. The fourth-order valence-corrected chi connectivity index (χ4v) is 3.39. The van der Waals surface area contributed by atoms with Crippen LogP contribution in [0, 0.1) is 0 Å². The first-order chi connectivity index (χ1) is 7.31. The van der Waals surface area contributed by atoms with Crippen molar-refractivity contribution in [1.29, 1.82) is 0 Å². The van der Waals surface area contributed by atoms with E-state index in [9.17, 15) is 4.79 Å². The van der Waals surface area contributed by atoms with Gasteiger partial charge in [-0.15, -0.1) is 34.3 Å². The van der Waals surface area contributed by atoms with Gasteiger partial charge in [-0.05, 0) is 23.9 Å². The standard InChI is InChI=1S/C10H10ClNOS2/c11-3-1-4-12-10(13)9-6-8-7(15-9)2-5-14-8/h2,5-6H,1,3-4H2,(H,12,13). The average Bonchev–Trinajstić information content (AvgIpc) is 2.76. The monoisotopic (exact) mass is 259 g/mol. The van der Waals surface area contributed by atoms with Crippen molar-refractivity contribution in [2.45, 2.75) is 6.42 Å². The van der Waals surface area contributed by atoms with E-state index in [-0.39, 0.29) is 5.91 Å². The average molecular weight is 260 g/mol. The van der Waals surface area contributed by atoms with Gasteiger partial charge in [0.15, 0.2) is 0 Å². The van der Waals surface area contributed by atoms with Crippen molar-refractivity contribution in [3.63, 3.8) is 0 Å². The summed E-state index contributed by atoms with van der Waals surface area (Å²) in [7, 11) is 0. The third-order valence-electron chi connectivity index (χ3n) is 1.96. The molecule has 0 aliphatic carbocycles. The van der Waals surface area contributed by atoms with Crippen LogP contribution in [0.1, 0.15) is 16.1 Å². The van der Waals surface area contributed by atoms with Crippen LogP contribution in [0.25, 0.3) is 9.40 Å². The number of nitrogens with one attached hydrogen (secondary N) is 1. The molecule has 5 heteroatoms. The van der Waals surface area contributed by atoms with Crippen LogP contribution in [0.15, 0.2) is 17.5 Å². The zero-order chi connectivity index (χ0) is 10.7. The molecule has 0 aliphatic rings. The fourth-order valence-electron chi connectivity index (χ4n) is 1.23. The Hall–Kier alpha value is -0.580. The van der Waals surface area contributed by atoms with Gasteiger partial charge in [0.25, 0.3) is 5.91 Å². The predicted octanol–water partition coefficient (Wildman–Crippen LogP) is 3.32. The quantitative estimate of drug-likeness (QED) is 0.662. The molecule has 0 saturated heterocycles. The summed E-state index contributed by atoms with van der Waals surface area (Å²) < 4.78 is 2.37. The van der Waals surface area contributed by atoms with Crippen LogP contribution in [0.5, 0.6) is 0 Å². The highest BCUT2D eigenvalue weighted by Crippen LogP contribution is 2.29. The SMILES string of the molecule is O=C(NCCCCl)c1cc2sccc2s1. The van der Waals surface area contributed by atoms with Crippen molar-refractivity contribution in [2.24, 2.45) is 0 Å². The Morgan fingerprint density at radius 1 is 1.47 bits per heavy atom. The fraction of sp³-hybridized carbons (Fsp3) is 0.300. The largest absolute Gasteiger partial charge is 0.351 e. The maximum atomic E-state index is 11.6. The minimum Gasteiger partial charge on any atom is -0.351 e. The lowest BCUT2D eigenvalue weighted by Crippen LogP contribution is -2.23. The second kappa shape index (κ2) is 4.96. The van der Waals surface area contributed by atoms with E-state index in [1.54, 1.807) is 11.3 Å². The molecule has 0 unspecified atom stereocenters. The first-order valence-electron chi connectivity index (χ1n) is 4.62. The summed E-state index contributed by atoms with van der Waals surface area (Å²) in [5.74, 6) is 0.591. The molecule has 1 N–H and O–H groups in total. The topological polar surface area (TPSA) is 29.1 Å². The molecular weight excluding hydrogens is 250 g/mol. The van der Waals surface area contributed by atoms with Gasteiger partial charge >= 0.3 is 0 Å². The Bertz CT molecular complexity index is 434. The van der Waals surface area contributed by atoms with Crippen molar-refractivity contribution in [1.82, 2.24) is 5.32 Å². The molecule has 80 valence electrons. The summed E-state index contributed by atoms with van der Waals surface area (Å²) in [4.78, 5) is 12.4. The van der Waals surface area contributed by atoms with Gasteiger partial charge in [-0.25, -0.2) is 0 Å². The van der Waals surface area contributed by atoms with E-state index in [1.807, 2.05) is 17.5 Å². The Labute approximate surface area is 101 Å². The molecule has 0 radical (unpaired) electrons. The number of fused-ring (bicyclic) bond motifs is 1. The van der Waals surface area contributed by atoms with E-state index < -0.39 is 0 Å². The number of carbonyl (C=O) groups is 1. The zero-order valence-corrected chi connectivity index (χ0v) is 10.3. The van der Waals surface area contributed by atoms with Crippen molar-refractivity contribution >= 4 is 49.6 Å². The smallest absolute Gasteiger partial charge is 0.261 e. The second-order valence-electron chi connectivity index (χ2n) is 3.06. The second-order valence-corrected chi connectivity index (χ2v) is 5.47. The summed E-state index contributed by atoms with van der Waals surface area (Å²) in [6.45, 7) is 0.647. The number of rotatable bonds is 4. The lowest BCUT2D eigenvalue weighted by Gasteiger charge is -2.00. The van der Waals surface area contributed by atoms with Crippen LogP contribution in [-0.4, -0.2) is 18.3 Å². The summed E-state index contributed by atoms with van der Waals surface area (Å²) in [6, 6.07) is 3.99. The summed E-state index contributed by atoms with van der Waals surface area (Å²) >= 11 is 8.73. The van der Waals surface area contributed by atoms with Gasteiger partial charge in [-0.2, -0.15) is 0 Å². The molecule has 2 heterocycles. The number of amides is 1. The molecule has 1 amide bonds. The van der Waals surface area contributed by atoms with E-state index in [0.717, 1.165) is 11.3 Å². The summed E-state index contributed by atoms with van der Waals surface area (Å²) in [6.07, 6.45) is 0.813. The number of alkyl halides is 1. The molecule has 0 bridgehead atoms. The molecule has 2 aromatic heterocycles. The molecule has 0 fully saturated rings. The molecule has 2 rings (SSSR count). The Balaban J connectivity index is 2.04. The van der Waals surface area contributed by atoms with Crippen LogP contribution < -0.4 is 5.32 Å². The number of hydrogen-bond donors (Lipinski definition) is 1. The van der Waals surface area contributed by atoms with Crippen LogP contribution >= 0.6 is 34.3 Å². The molecule has 0 atom stereocenters. The Morgan fingerprint density at radius 3 is 3.07 bits per heavy atom. The van der Waals surface area contributed by atoms with Crippen LogP contribution in [0.4, 0.5) is 0 Å². The third-order valence-corrected chi connectivity index (χ3v) is 4.32. The van der Waals surface area contributed by atoms with Gasteiger partial charge < -0.3 is 5.32 Å². The van der Waals surface area contributed by atoms with E-state index in [2.05, 4.69) is 5.32 Å². The number of thiophene rings is 2. The molecule has 0 spiro atoms. The molecule has 0 aliphatic heterocycles. The minimum absolute atomic E-state index is 0.00789. The molecule has 2 aromatic rings. The first-order valence-corrected chi connectivity index (χ1v) is 6.85. The van der Waals surface area contributed by atoms with E-state index >= 15 is 0 Å². The van der Waals surface area contributed by atoms with Crippen LogP contribution in [-0.2, 0) is 0 Å². The van der Waals surface area contributed by atoms with E-state index in [4.69, 9.17) is 11.6 Å². The molecular formula is C10H10ClNOS2. The zero-order valence-electron chi connectivity index (χ0n) is 7.96. The van der Waals surface area contributed by atoms with Gasteiger partial charge in [0.05, 0.1) is 4.88 Å². The lowest BCUT2D eigenvalue weighted by molar-refractivity contribution is 0.0958. The minimum atomic E-state index is 0.00789. The van der Waals surface area contributed by atoms with Gasteiger partial charge in [0.1, 0.15) is 0 Å². The highest BCUT2D eigenvalue weighted by atomic mass is 35.5. The third kappa shape index (κ3) is 2.51. The number of carbonyl (C=O) groups excluding carboxylic acids is 1. The number of hydrogen-bond acceptors (Lipinski definition) is 3. The van der Waals surface area contributed by atoms with Gasteiger partial charge in [0, 0.05) is 21.8 Å². The van der Waals surface area contributed by atoms with Crippen LogP contribution in [0.2, 0.25) is 0 Å². The highest BCUT2D eigenvalue weighted by Gasteiger charge is 2.09.